The molecule has 0 saturated heterocycles. The van der Waals surface area contributed by atoms with E-state index in [1.807, 2.05) is 0 Å². The average Bonchev–Trinajstić information content (AvgIpc) is 4.09. The summed E-state index contributed by atoms with van der Waals surface area (Å²) < 4.78 is 9.75. The molecule has 4 heterocycles. The highest BCUT2D eigenvalue weighted by molar-refractivity contribution is 6.12. The van der Waals surface area contributed by atoms with E-state index in [2.05, 4.69) is 244 Å². The Labute approximate surface area is 375 Å². The zero-order valence-corrected chi connectivity index (χ0v) is 35.9. The molecule has 1 atom stereocenters. The van der Waals surface area contributed by atoms with Gasteiger partial charge in [-0.25, -0.2) is 0 Å². The summed E-state index contributed by atoms with van der Waals surface area (Å²) in [7, 11) is 0. The fourth-order valence-electron chi connectivity index (χ4n) is 11.3. The van der Waals surface area contributed by atoms with Gasteiger partial charge in [-0.1, -0.05) is 140 Å². The molecule has 4 heteroatoms. The van der Waals surface area contributed by atoms with E-state index in [1.165, 1.54) is 110 Å². The first-order valence-electron chi connectivity index (χ1n) is 22.7. The Hall–Kier alpha value is -8.34. The van der Waals surface area contributed by atoms with Crippen molar-refractivity contribution >= 4 is 82.4 Å². The van der Waals surface area contributed by atoms with Gasteiger partial charge in [-0.15, -0.1) is 0 Å². The van der Waals surface area contributed by atoms with Gasteiger partial charge >= 0.3 is 0 Å². The normalized spacial score (nSPS) is 14.0. The quantitative estimate of drug-likeness (QED) is 0.165. The highest BCUT2D eigenvalue weighted by Crippen LogP contribution is 2.42. The second-order valence-corrected chi connectivity index (χ2v) is 17.8. The van der Waals surface area contributed by atoms with Gasteiger partial charge in [0.05, 0.1) is 38.6 Å². The molecule has 306 valence electrons. The summed E-state index contributed by atoms with van der Waals surface area (Å²) in [5, 5.41) is 8.91. The van der Waals surface area contributed by atoms with E-state index in [1.54, 1.807) is 0 Å². The maximum atomic E-state index is 2.48. The summed E-state index contributed by atoms with van der Waals surface area (Å²) in [4.78, 5) is 0. The fraction of sp³-hybridized carbons (Fsp3) is 0.0492. The van der Waals surface area contributed by atoms with E-state index < -0.39 is 0 Å². The lowest BCUT2D eigenvalue weighted by molar-refractivity contribution is 0.773. The minimum absolute atomic E-state index is 0.436. The number of hydrogen-bond donors (Lipinski definition) is 0. The molecule has 0 radical (unpaired) electrons. The number of benzene rings is 9. The first-order valence-corrected chi connectivity index (χ1v) is 22.7. The van der Waals surface area contributed by atoms with Gasteiger partial charge in [0.25, 0.3) is 0 Å². The predicted molar refractivity (Wildman–Crippen MR) is 274 cm³/mol. The van der Waals surface area contributed by atoms with Crippen LogP contribution in [0, 0.1) is 0 Å². The molecule has 4 aromatic heterocycles. The van der Waals surface area contributed by atoms with Crippen molar-refractivity contribution in [1.82, 2.24) is 18.3 Å². The predicted octanol–water partition coefficient (Wildman–Crippen LogP) is 16.1. The van der Waals surface area contributed by atoms with Crippen LogP contribution in [0.4, 0.5) is 0 Å². The molecule has 14 rings (SSSR count). The van der Waals surface area contributed by atoms with Crippen LogP contribution in [0.15, 0.2) is 212 Å². The zero-order valence-electron chi connectivity index (χ0n) is 35.9. The molecule has 0 bridgehead atoms. The third kappa shape index (κ3) is 5.25. The molecule has 0 amide bonds. The maximum absolute atomic E-state index is 2.48. The van der Waals surface area contributed by atoms with Crippen molar-refractivity contribution in [1.29, 1.82) is 0 Å². The highest BCUT2D eigenvalue weighted by atomic mass is 15.0. The van der Waals surface area contributed by atoms with Crippen LogP contribution in [0.5, 0.6) is 0 Å². The Morgan fingerprint density at radius 3 is 1.11 bits per heavy atom. The number of fused-ring (bicyclic) bond motifs is 12. The monoisotopic (exact) mass is 830 g/mol. The van der Waals surface area contributed by atoms with Crippen LogP contribution in [0.2, 0.25) is 0 Å². The molecule has 1 aliphatic carbocycles. The minimum Gasteiger partial charge on any atom is -0.310 e. The van der Waals surface area contributed by atoms with E-state index in [4.69, 9.17) is 0 Å². The van der Waals surface area contributed by atoms with Gasteiger partial charge in [0.2, 0.25) is 0 Å². The van der Waals surface area contributed by atoms with Crippen molar-refractivity contribution in [2.45, 2.75) is 19.3 Å². The smallest absolute Gasteiger partial charge is 0.0561 e. The van der Waals surface area contributed by atoms with E-state index >= 15 is 0 Å². The largest absolute Gasteiger partial charge is 0.310 e. The summed E-state index contributed by atoms with van der Waals surface area (Å²) in [6.07, 6.45) is 5.73. The maximum Gasteiger partial charge on any atom is 0.0561 e. The van der Waals surface area contributed by atoms with Gasteiger partial charge in [-0.3, -0.25) is 0 Å². The molecule has 0 saturated carbocycles. The van der Waals surface area contributed by atoms with Gasteiger partial charge in [0, 0.05) is 66.1 Å². The van der Waals surface area contributed by atoms with E-state index in [0.29, 0.717) is 5.92 Å². The van der Waals surface area contributed by atoms with Crippen LogP contribution in [0.25, 0.3) is 116 Å². The Balaban J connectivity index is 0.864. The summed E-state index contributed by atoms with van der Waals surface area (Å²) >= 11 is 0. The summed E-state index contributed by atoms with van der Waals surface area (Å²) in [6.45, 7) is 2.36. The van der Waals surface area contributed by atoms with Gasteiger partial charge in [0.1, 0.15) is 0 Å². The molecule has 4 nitrogen and oxygen atoms in total. The van der Waals surface area contributed by atoms with Crippen molar-refractivity contribution in [2.75, 3.05) is 0 Å². The second kappa shape index (κ2) is 13.8. The van der Waals surface area contributed by atoms with E-state index in [-0.39, 0.29) is 0 Å². The molecule has 0 fully saturated rings. The molecular formula is C61H42N4. The van der Waals surface area contributed by atoms with Gasteiger partial charge in [-0.05, 0) is 114 Å². The third-order valence-corrected chi connectivity index (χ3v) is 14.2. The number of allylic oxidation sites excluding steroid dienone is 1. The number of nitrogens with zero attached hydrogens (tertiary/aromatic N) is 4. The SMILES string of the molecule is CC1CC=Cc2c1c1ccc(-n3c4ccccc4c4ccccc43)cc1n2-c1ccc(-c2ccc(-n3c4ccccc4c4ccc(-n5c6ccccc6c6ccccc65)cc43)cc2)cc1. The topological polar surface area (TPSA) is 19.7 Å². The first kappa shape index (κ1) is 36.2. The summed E-state index contributed by atoms with van der Waals surface area (Å²) in [5.41, 5.74) is 18.2. The minimum atomic E-state index is 0.436. The summed E-state index contributed by atoms with van der Waals surface area (Å²) in [5.74, 6) is 0.436. The van der Waals surface area contributed by atoms with E-state index in [9.17, 15) is 0 Å². The van der Waals surface area contributed by atoms with Gasteiger partial charge in [0.15, 0.2) is 0 Å². The van der Waals surface area contributed by atoms with Crippen LogP contribution in [-0.4, -0.2) is 18.3 Å². The lowest BCUT2D eigenvalue weighted by Gasteiger charge is -2.17. The lowest BCUT2D eigenvalue weighted by Crippen LogP contribution is -2.03. The molecular weight excluding hydrogens is 789 g/mol. The standard InChI is InChI=1S/C61H42N4/c1-39-13-12-24-58-61(39)52-36-34-45(65-56-22-10-4-16-48(56)49-17-5-11-23-57(49)65)38-60(52)63(58)43-31-27-41(28-32-43)40-25-29-42(30-26-40)62-53-19-7-6-18-50(53)51-35-33-44(37-59(51)62)64-54-20-8-2-14-46(54)47-15-3-9-21-55(47)64/h2-12,14-39H,13H2,1H3. The second-order valence-electron chi connectivity index (χ2n) is 17.8. The fourth-order valence-corrected chi connectivity index (χ4v) is 11.3. The van der Waals surface area contributed by atoms with Crippen molar-refractivity contribution in [3.63, 3.8) is 0 Å². The van der Waals surface area contributed by atoms with Crippen LogP contribution < -0.4 is 0 Å². The number of aromatic nitrogens is 4. The number of rotatable bonds is 5. The Kier molecular flexibility index (Phi) is 7.70. The Bertz CT molecular complexity index is 3990. The first-order chi connectivity index (χ1) is 32.2. The van der Waals surface area contributed by atoms with Gasteiger partial charge < -0.3 is 18.3 Å². The third-order valence-electron chi connectivity index (χ3n) is 14.2. The molecule has 9 aromatic carbocycles. The van der Waals surface area contributed by atoms with E-state index in [0.717, 1.165) is 17.8 Å². The zero-order chi connectivity index (χ0) is 42.8. The van der Waals surface area contributed by atoms with Crippen LogP contribution >= 0.6 is 0 Å². The number of para-hydroxylation sites is 5. The van der Waals surface area contributed by atoms with Crippen molar-refractivity contribution in [3.05, 3.63) is 224 Å². The Morgan fingerprint density at radius 2 is 0.662 bits per heavy atom. The molecule has 1 unspecified atom stereocenters. The van der Waals surface area contributed by atoms with Crippen molar-refractivity contribution in [2.24, 2.45) is 0 Å². The van der Waals surface area contributed by atoms with Crippen molar-refractivity contribution < 1.29 is 0 Å². The highest BCUT2D eigenvalue weighted by Gasteiger charge is 2.24. The molecule has 0 spiro atoms. The van der Waals surface area contributed by atoms with Gasteiger partial charge in [-0.2, -0.15) is 0 Å². The van der Waals surface area contributed by atoms with Crippen LogP contribution in [0.3, 0.4) is 0 Å². The Morgan fingerprint density at radius 1 is 0.323 bits per heavy atom. The van der Waals surface area contributed by atoms with Crippen molar-refractivity contribution in [3.8, 4) is 33.9 Å². The average molecular weight is 831 g/mol. The molecule has 13 aromatic rings. The summed E-state index contributed by atoms with van der Waals surface area (Å²) in [6, 6.07) is 76.1. The molecule has 0 N–H and O–H groups in total. The molecule has 0 aliphatic heterocycles. The molecule has 65 heavy (non-hydrogen) atoms. The van der Waals surface area contributed by atoms with Crippen LogP contribution in [-0.2, 0) is 0 Å². The lowest BCUT2D eigenvalue weighted by atomic mass is 9.90. The number of hydrogen-bond acceptors (Lipinski definition) is 0. The van der Waals surface area contributed by atoms with Crippen LogP contribution in [0.1, 0.15) is 30.5 Å². The molecule has 1 aliphatic rings.